The summed E-state index contributed by atoms with van der Waals surface area (Å²) < 4.78 is 9.34. The molecule has 0 aromatic carbocycles. The Kier molecular flexibility index (Phi) is 3.95. The second-order valence-electron chi connectivity index (χ2n) is 3.44. The number of rotatable bonds is 2. The molecule has 0 heterocycles. The maximum Gasteiger partial charge on any atom is 0.431 e. The van der Waals surface area contributed by atoms with E-state index in [0.29, 0.717) is 0 Å². The summed E-state index contributed by atoms with van der Waals surface area (Å²) in [5, 5.41) is 0. The van der Waals surface area contributed by atoms with Gasteiger partial charge in [-0.2, -0.15) is 0 Å². The van der Waals surface area contributed by atoms with E-state index in [1.807, 2.05) is 0 Å². The van der Waals surface area contributed by atoms with E-state index in [-0.39, 0.29) is 5.97 Å². The van der Waals surface area contributed by atoms with Gasteiger partial charge in [0.2, 0.25) is 0 Å². The smallest absolute Gasteiger partial charge is 0.431 e. The first-order valence-electron chi connectivity index (χ1n) is 3.64. The van der Waals surface area contributed by atoms with Gasteiger partial charge >= 0.3 is 10.0 Å². The van der Waals surface area contributed by atoms with Crippen LogP contribution in [-0.2, 0) is 18.4 Å². The van der Waals surface area contributed by atoms with Crippen molar-refractivity contribution in [1.82, 2.24) is 0 Å². The van der Waals surface area contributed by atoms with Crippen LogP contribution in [0.5, 0.6) is 0 Å². The molecule has 0 bridgehead atoms. The van der Waals surface area contributed by atoms with Crippen LogP contribution >= 0.6 is 0 Å². The zero-order chi connectivity index (χ0) is 9.78. The standard InChI is InChI=1S/C7H14O4Si/c1-5(8)10-12-11-6(9)7(2,3)4/h12H2,1-4H3. The van der Waals surface area contributed by atoms with Crippen molar-refractivity contribution in [2.24, 2.45) is 5.41 Å². The summed E-state index contributed by atoms with van der Waals surface area (Å²) in [6.07, 6.45) is 0. The van der Waals surface area contributed by atoms with E-state index < -0.39 is 21.4 Å². The first-order chi connectivity index (χ1) is 5.34. The first-order valence-corrected chi connectivity index (χ1v) is 4.80. The predicted octanol–water partition coefficient (Wildman–Crippen LogP) is 0.138. The largest absolute Gasteiger partial charge is 0.490 e. The van der Waals surface area contributed by atoms with Crippen LogP contribution in [-0.4, -0.2) is 21.9 Å². The zero-order valence-electron chi connectivity index (χ0n) is 7.84. The lowest BCUT2D eigenvalue weighted by molar-refractivity contribution is -0.145. The molecule has 0 saturated carbocycles. The lowest BCUT2D eigenvalue weighted by atomic mass is 9.98. The summed E-state index contributed by atoms with van der Waals surface area (Å²) in [6, 6.07) is 0. The van der Waals surface area contributed by atoms with E-state index in [9.17, 15) is 9.59 Å². The molecule has 0 spiro atoms. The fourth-order valence-electron chi connectivity index (χ4n) is 0.382. The van der Waals surface area contributed by atoms with E-state index in [1.165, 1.54) is 6.92 Å². The molecule has 0 aromatic rings. The molecule has 5 heteroatoms. The van der Waals surface area contributed by atoms with Crippen LogP contribution < -0.4 is 0 Å². The van der Waals surface area contributed by atoms with Gasteiger partial charge in [0.25, 0.3) is 11.9 Å². The molecule has 0 radical (unpaired) electrons. The normalized spacial score (nSPS) is 11.7. The average molecular weight is 190 g/mol. The molecule has 0 amide bonds. The molecule has 0 aliphatic heterocycles. The molecule has 0 atom stereocenters. The number of hydrogen-bond acceptors (Lipinski definition) is 4. The van der Waals surface area contributed by atoms with Crippen molar-refractivity contribution in [3.8, 4) is 0 Å². The van der Waals surface area contributed by atoms with Crippen LogP contribution in [0.2, 0.25) is 0 Å². The van der Waals surface area contributed by atoms with E-state index in [2.05, 4.69) is 4.43 Å². The minimum atomic E-state index is -1.46. The van der Waals surface area contributed by atoms with Crippen LogP contribution in [0, 0.1) is 5.41 Å². The van der Waals surface area contributed by atoms with Crippen molar-refractivity contribution in [3.05, 3.63) is 0 Å². The molecular formula is C7H14O4Si. The van der Waals surface area contributed by atoms with Crippen LogP contribution in [0.15, 0.2) is 0 Å². The lowest BCUT2D eigenvalue weighted by Gasteiger charge is -2.16. The number of hydrogen-bond donors (Lipinski definition) is 0. The molecule has 70 valence electrons. The van der Waals surface area contributed by atoms with E-state index in [4.69, 9.17) is 4.43 Å². The highest BCUT2D eigenvalue weighted by atomic mass is 28.3. The summed E-state index contributed by atoms with van der Waals surface area (Å²) in [6.45, 7) is 6.53. The maximum absolute atomic E-state index is 11.1. The maximum atomic E-state index is 11.1. The average Bonchev–Trinajstić information content (AvgIpc) is 1.84. The summed E-state index contributed by atoms with van der Waals surface area (Å²) in [5.74, 6) is -0.723. The van der Waals surface area contributed by atoms with Gasteiger partial charge in [-0.25, -0.2) is 0 Å². The van der Waals surface area contributed by atoms with Crippen LogP contribution in [0.3, 0.4) is 0 Å². The Balaban J connectivity index is 3.66. The van der Waals surface area contributed by atoms with Gasteiger partial charge in [0.1, 0.15) is 0 Å². The Morgan fingerprint density at radius 1 is 1.17 bits per heavy atom. The predicted molar refractivity (Wildman–Crippen MR) is 45.9 cm³/mol. The quantitative estimate of drug-likeness (QED) is 0.581. The van der Waals surface area contributed by atoms with Crippen molar-refractivity contribution in [2.45, 2.75) is 27.7 Å². The van der Waals surface area contributed by atoms with Crippen LogP contribution in [0.4, 0.5) is 0 Å². The van der Waals surface area contributed by atoms with Crippen molar-refractivity contribution in [3.63, 3.8) is 0 Å². The van der Waals surface area contributed by atoms with Gasteiger partial charge in [-0.1, -0.05) is 0 Å². The first kappa shape index (κ1) is 11.2. The van der Waals surface area contributed by atoms with E-state index >= 15 is 0 Å². The van der Waals surface area contributed by atoms with Gasteiger partial charge in [0.15, 0.2) is 0 Å². The minimum absolute atomic E-state index is 0.324. The van der Waals surface area contributed by atoms with Crippen molar-refractivity contribution in [1.29, 1.82) is 0 Å². The van der Waals surface area contributed by atoms with Gasteiger partial charge in [-0.05, 0) is 20.8 Å². The highest BCUT2D eigenvalue weighted by Gasteiger charge is 2.22. The molecule has 0 rings (SSSR count). The highest BCUT2D eigenvalue weighted by molar-refractivity contribution is 6.25. The van der Waals surface area contributed by atoms with Gasteiger partial charge in [0.05, 0.1) is 5.41 Å². The Morgan fingerprint density at radius 2 is 1.67 bits per heavy atom. The summed E-state index contributed by atoms with van der Waals surface area (Å²) in [4.78, 5) is 21.4. The molecule has 0 aliphatic carbocycles. The molecular weight excluding hydrogens is 176 g/mol. The third kappa shape index (κ3) is 4.89. The minimum Gasteiger partial charge on any atom is -0.490 e. The fourth-order valence-corrected chi connectivity index (χ4v) is 1.15. The molecule has 0 aliphatic rings. The molecule has 0 unspecified atom stereocenters. The molecule has 4 nitrogen and oxygen atoms in total. The fraction of sp³-hybridized carbons (Fsp3) is 0.714. The Hall–Kier alpha value is -0.843. The molecule has 0 fully saturated rings. The van der Waals surface area contributed by atoms with E-state index in [0.717, 1.165) is 0 Å². The Bertz CT molecular complexity index is 182. The molecule has 0 N–H and O–H groups in total. The Labute approximate surface area is 74.3 Å². The zero-order valence-corrected chi connectivity index (χ0v) is 9.25. The summed E-state index contributed by atoms with van der Waals surface area (Å²) >= 11 is 0. The molecule has 12 heavy (non-hydrogen) atoms. The summed E-state index contributed by atoms with van der Waals surface area (Å²) in [7, 11) is -1.46. The van der Waals surface area contributed by atoms with Gasteiger partial charge < -0.3 is 8.85 Å². The van der Waals surface area contributed by atoms with Crippen molar-refractivity contribution in [2.75, 3.05) is 0 Å². The van der Waals surface area contributed by atoms with Gasteiger partial charge in [0, 0.05) is 6.92 Å². The summed E-state index contributed by atoms with van der Waals surface area (Å²) in [5.41, 5.74) is -0.521. The van der Waals surface area contributed by atoms with Gasteiger partial charge in [-0.15, -0.1) is 0 Å². The monoisotopic (exact) mass is 190 g/mol. The number of carbonyl (C=O) groups excluding carboxylic acids is 2. The third-order valence-electron chi connectivity index (χ3n) is 1.06. The topological polar surface area (TPSA) is 52.6 Å². The van der Waals surface area contributed by atoms with Crippen LogP contribution in [0.1, 0.15) is 27.7 Å². The Morgan fingerprint density at radius 3 is 2.00 bits per heavy atom. The van der Waals surface area contributed by atoms with Crippen LogP contribution in [0.25, 0.3) is 0 Å². The lowest BCUT2D eigenvalue weighted by Crippen LogP contribution is -2.26. The second-order valence-corrected chi connectivity index (χ2v) is 4.25. The number of carbonyl (C=O) groups is 2. The molecule has 0 saturated heterocycles. The second kappa shape index (κ2) is 4.25. The third-order valence-corrected chi connectivity index (χ3v) is 1.97. The SMILES string of the molecule is CC(=O)O[SiH2]OC(=O)C(C)(C)C. The molecule has 0 aromatic heterocycles. The highest BCUT2D eigenvalue weighted by Crippen LogP contribution is 2.14. The van der Waals surface area contributed by atoms with Crippen molar-refractivity contribution < 1.29 is 18.4 Å². The van der Waals surface area contributed by atoms with E-state index in [1.54, 1.807) is 20.8 Å². The van der Waals surface area contributed by atoms with Gasteiger partial charge in [-0.3, -0.25) is 9.59 Å². The van der Waals surface area contributed by atoms with Crippen molar-refractivity contribution >= 4 is 21.9 Å².